The molecule has 0 bridgehead atoms. The van der Waals surface area contributed by atoms with Crippen molar-refractivity contribution >= 4 is 15.4 Å². The molecule has 2 rings (SSSR count). The molecule has 0 fully saturated rings. The Balaban J connectivity index is 2.49. The molecule has 1 aliphatic rings. The number of hydrogen-bond acceptors (Lipinski definition) is 3. The number of rotatable bonds is 3. The molecule has 3 nitrogen and oxygen atoms in total. The van der Waals surface area contributed by atoms with Gasteiger partial charge in [0.05, 0.1) is 4.90 Å². The van der Waals surface area contributed by atoms with Gasteiger partial charge < -0.3 is 5.73 Å². The monoisotopic (exact) mass is 237 g/mol. The normalized spacial score (nSPS) is 17.0. The highest BCUT2D eigenvalue weighted by atomic mass is 32.2. The molecule has 0 saturated carbocycles. The van der Waals surface area contributed by atoms with E-state index in [4.69, 9.17) is 5.73 Å². The largest absolute Gasteiger partial charge is 0.330 e. The van der Waals surface area contributed by atoms with Gasteiger partial charge in [-0.25, -0.2) is 8.42 Å². The van der Waals surface area contributed by atoms with Gasteiger partial charge in [0.2, 0.25) is 9.84 Å². The third-order valence-corrected chi connectivity index (χ3v) is 4.30. The lowest BCUT2D eigenvalue weighted by molar-refractivity contribution is 0.605. The van der Waals surface area contributed by atoms with Gasteiger partial charge in [0, 0.05) is 5.41 Å². The number of aryl methyl sites for hydroxylation is 1. The molecule has 1 aromatic carbocycles. The summed E-state index contributed by atoms with van der Waals surface area (Å²) >= 11 is 0. The number of fused-ring (bicyclic) bond motifs is 1. The molecule has 86 valence electrons. The second kappa shape index (κ2) is 4.03. The van der Waals surface area contributed by atoms with Crippen molar-refractivity contribution in [3.63, 3.8) is 0 Å². The molecule has 1 heterocycles. The van der Waals surface area contributed by atoms with Crippen LogP contribution in [0, 0.1) is 6.92 Å². The van der Waals surface area contributed by atoms with Crippen LogP contribution < -0.4 is 5.73 Å². The molecule has 0 aromatic heterocycles. The van der Waals surface area contributed by atoms with Crippen LogP contribution in [-0.4, -0.2) is 15.0 Å². The smallest absolute Gasteiger partial charge is 0.200 e. The van der Waals surface area contributed by atoms with Crippen LogP contribution in [0.25, 0.3) is 5.57 Å². The van der Waals surface area contributed by atoms with Gasteiger partial charge in [0.25, 0.3) is 0 Å². The highest BCUT2D eigenvalue weighted by molar-refractivity contribution is 7.95. The Kier molecular flexibility index (Phi) is 2.86. The molecule has 1 aliphatic heterocycles. The van der Waals surface area contributed by atoms with Crippen LogP contribution in [0.3, 0.4) is 0 Å². The molecule has 0 atom stereocenters. The maximum absolute atomic E-state index is 11.8. The molecule has 1 aromatic rings. The van der Waals surface area contributed by atoms with Gasteiger partial charge in [-0.15, -0.1) is 0 Å². The van der Waals surface area contributed by atoms with E-state index in [1.165, 1.54) is 5.41 Å². The van der Waals surface area contributed by atoms with Gasteiger partial charge in [-0.1, -0.05) is 17.7 Å². The van der Waals surface area contributed by atoms with Crippen LogP contribution in [0.1, 0.15) is 24.0 Å². The zero-order chi connectivity index (χ0) is 11.8. The summed E-state index contributed by atoms with van der Waals surface area (Å²) in [6.07, 6.45) is 1.54. The molecular weight excluding hydrogens is 222 g/mol. The molecule has 0 unspecified atom stereocenters. The van der Waals surface area contributed by atoms with Gasteiger partial charge in [0.1, 0.15) is 0 Å². The van der Waals surface area contributed by atoms with Crippen LogP contribution in [0.4, 0.5) is 0 Å². The molecule has 16 heavy (non-hydrogen) atoms. The predicted octanol–water partition coefficient (Wildman–Crippen LogP) is 1.86. The quantitative estimate of drug-likeness (QED) is 0.873. The Labute approximate surface area is 95.9 Å². The lowest BCUT2D eigenvalue weighted by Gasteiger charge is -2.04. The SMILES string of the molecule is Cc1ccc2c(c1)C(CCCN)=CS2(=O)=O. The number of allylic oxidation sites excluding steroid dienone is 1. The summed E-state index contributed by atoms with van der Waals surface area (Å²) in [5.41, 5.74) is 8.27. The first-order valence-electron chi connectivity index (χ1n) is 5.31. The maximum Gasteiger partial charge on any atom is 0.200 e. The molecule has 0 spiro atoms. The van der Waals surface area contributed by atoms with E-state index in [9.17, 15) is 8.42 Å². The standard InChI is InChI=1S/C12H15NO2S/c1-9-4-5-12-11(7-9)10(3-2-6-13)8-16(12,14)15/h4-5,7-8H,2-3,6,13H2,1H3. The van der Waals surface area contributed by atoms with Crippen LogP contribution in [0.15, 0.2) is 28.5 Å². The summed E-state index contributed by atoms with van der Waals surface area (Å²) < 4.78 is 23.7. The number of benzene rings is 1. The molecule has 0 saturated heterocycles. The average Bonchev–Trinajstić information content (AvgIpc) is 2.47. The number of sulfone groups is 1. The van der Waals surface area contributed by atoms with Gasteiger partial charge in [-0.05, 0) is 43.5 Å². The first-order chi connectivity index (χ1) is 7.54. The summed E-state index contributed by atoms with van der Waals surface area (Å²) in [7, 11) is -3.20. The van der Waals surface area contributed by atoms with Crippen molar-refractivity contribution in [2.45, 2.75) is 24.7 Å². The summed E-state index contributed by atoms with van der Waals surface area (Å²) in [5, 5.41) is 1.38. The fourth-order valence-electron chi connectivity index (χ4n) is 1.94. The lowest BCUT2D eigenvalue weighted by atomic mass is 10.0. The van der Waals surface area contributed by atoms with Crippen LogP contribution in [0.2, 0.25) is 0 Å². The molecule has 2 N–H and O–H groups in total. The highest BCUT2D eigenvalue weighted by Crippen LogP contribution is 2.36. The molecular formula is C12H15NO2S. The van der Waals surface area contributed by atoms with Crippen molar-refractivity contribution < 1.29 is 8.42 Å². The Morgan fingerprint density at radius 3 is 2.75 bits per heavy atom. The minimum atomic E-state index is -3.20. The second-order valence-corrected chi connectivity index (χ2v) is 5.85. The first kappa shape index (κ1) is 11.4. The topological polar surface area (TPSA) is 60.2 Å². The number of hydrogen-bond donors (Lipinski definition) is 1. The Morgan fingerprint density at radius 1 is 1.31 bits per heavy atom. The Hall–Kier alpha value is -1.13. The molecule has 0 radical (unpaired) electrons. The Morgan fingerprint density at radius 2 is 2.06 bits per heavy atom. The van der Waals surface area contributed by atoms with E-state index in [2.05, 4.69) is 0 Å². The zero-order valence-electron chi connectivity index (χ0n) is 9.23. The van der Waals surface area contributed by atoms with E-state index < -0.39 is 9.84 Å². The van der Waals surface area contributed by atoms with Crippen LogP contribution in [-0.2, 0) is 9.84 Å². The van der Waals surface area contributed by atoms with Gasteiger partial charge in [0.15, 0.2) is 0 Å². The average molecular weight is 237 g/mol. The summed E-state index contributed by atoms with van der Waals surface area (Å²) in [5.74, 6) is 0. The van der Waals surface area contributed by atoms with Crippen molar-refractivity contribution in [1.82, 2.24) is 0 Å². The van der Waals surface area contributed by atoms with E-state index >= 15 is 0 Å². The van der Waals surface area contributed by atoms with E-state index in [1.54, 1.807) is 6.07 Å². The van der Waals surface area contributed by atoms with E-state index in [0.29, 0.717) is 11.4 Å². The first-order valence-corrected chi connectivity index (χ1v) is 6.86. The van der Waals surface area contributed by atoms with Crippen molar-refractivity contribution in [2.24, 2.45) is 5.73 Å². The van der Waals surface area contributed by atoms with E-state index in [0.717, 1.165) is 29.5 Å². The van der Waals surface area contributed by atoms with Gasteiger partial charge in [-0.3, -0.25) is 0 Å². The zero-order valence-corrected chi connectivity index (χ0v) is 10.0. The lowest BCUT2D eigenvalue weighted by Crippen LogP contribution is -1.98. The maximum atomic E-state index is 11.8. The Bertz CT molecular complexity index is 544. The number of nitrogens with two attached hydrogens (primary N) is 1. The van der Waals surface area contributed by atoms with Crippen molar-refractivity contribution in [3.8, 4) is 0 Å². The third-order valence-electron chi connectivity index (χ3n) is 2.74. The summed E-state index contributed by atoms with van der Waals surface area (Å²) in [4.78, 5) is 0.435. The molecule has 4 heteroatoms. The predicted molar refractivity (Wildman–Crippen MR) is 64.6 cm³/mol. The fraction of sp³-hybridized carbons (Fsp3) is 0.333. The summed E-state index contributed by atoms with van der Waals surface area (Å²) in [6, 6.07) is 5.45. The fourth-order valence-corrected chi connectivity index (χ4v) is 3.44. The highest BCUT2D eigenvalue weighted by Gasteiger charge is 2.26. The van der Waals surface area contributed by atoms with Crippen molar-refractivity contribution in [2.75, 3.05) is 6.54 Å². The minimum Gasteiger partial charge on any atom is -0.330 e. The van der Waals surface area contributed by atoms with Gasteiger partial charge >= 0.3 is 0 Å². The van der Waals surface area contributed by atoms with E-state index in [1.807, 2.05) is 19.1 Å². The van der Waals surface area contributed by atoms with Crippen molar-refractivity contribution in [1.29, 1.82) is 0 Å². The second-order valence-electron chi connectivity index (χ2n) is 4.08. The molecule has 0 amide bonds. The van der Waals surface area contributed by atoms with Crippen molar-refractivity contribution in [3.05, 3.63) is 34.7 Å². The van der Waals surface area contributed by atoms with Gasteiger partial charge in [-0.2, -0.15) is 0 Å². The van der Waals surface area contributed by atoms with Crippen LogP contribution >= 0.6 is 0 Å². The third kappa shape index (κ3) is 1.90. The minimum absolute atomic E-state index is 0.435. The molecule has 0 aliphatic carbocycles. The van der Waals surface area contributed by atoms with Crippen LogP contribution in [0.5, 0.6) is 0 Å². The van der Waals surface area contributed by atoms with E-state index in [-0.39, 0.29) is 0 Å². The summed E-state index contributed by atoms with van der Waals surface area (Å²) in [6.45, 7) is 2.55.